The van der Waals surface area contributed by atoms with E-state index in [-0.39, 0.29) is 29.1 Å². The van der Waals surface area contributed by atoms with Crippen LogP contribution >= 0.6 is 0 Å². The molecule has 0 amide bonds. The summed E-state index contributed by atoms with van der Waals surface area (Å²) < 4.78 is 0. The Bertz CT molecular complexity index is 795. The van der Waals surface area contributed by atoms with E-state index < -0.39 is 17.3 Å². The molecule has 0 radical (unpaired) electrons. The molecule has 4 heteroatoms. The average Bonchev–Trinajstić information content (AvgIpc) is 2.96. The van der Waals surface area contributed by atoms with E-state index in [2.05, 4.69) is 13.0 Å². The minimum absolute atomic E-state index is 0.0126. The lowest BCUT2D eigenvalue weighted by atomic mass is 9.39. The van der Waals surface area contributed by atoms with E-state index in [0.29, 0.717) is 23.8 Å². The number of carbonyl (C=O) groups excluding carboxylic acids is 1. The quantitative estimate of drug-likeness (QED) is 0.526. The summed E-state index contributed by atoms with van der Waals surface area (Å²) in [6, 6.07) is 0. The van der Waals surface area contributed by atoms with Gasteiger partial charge < -0.3 is 10.2 Å². The highest BCUT2D eigenvalue weighted by molar-refractivity contribution is 6.00. The van der Waals surface area contributed by atoms with Gasteiger partial charge in [0.25, 0.3) is 0 Å². The Morgan fingerprint density at radius 3 is 2.48 bits per heavy atom. The Morgan fingerprint density at radius 2 is 1.86 bits per heavy atom. The van der Waals surface area contributed by atoms with E-state index in [0.717, 1.165) is 38.5 Å². The molecule has 0 heterocycles. The SMILES string of the molecule is C/C=C(/C)C(=O)[C@@H]1CC[C@@]2(C)[C@@H]3CC[C@@H]4C[C@]3(C=C4CO)CC[C@@H]2[C@@]1(C)C(=O)O. The molecule has 0 aromatic rings. The summed E-state index contributed by atoms with van der Waals surface area (Å²) in [5.41, 5.74) is 0.933. The average molecular weight is 401 g/mol. The summed E-state index contributed by atoms with van der Waals surface area (Å²) in [4.78, 5) is 25.8. The van der Waals surface area contributed by atoms with Gasteiger partial charge in [0.15, 0.2) is 5.78 Å². The van der Waals surface area contributed by atoms with Gasteiger partial charge in [-0.2, -0.15) is 0 Å². The molecule has 4 nitrogen and oxygen atoms in total. The molecule has 160 valence electrons. The molecular formula is C25H36O4. The molecule has 29 heavy (non-hydrogen) atoms. The fourth-order valence-corrected chi connectivity index (χ4v) is 8.27. The van der Waals surface area contributed by atoms with E-state index in [1.54, 1.807) is 0 Å². The van der Waals surface area contributed by atoms with Crippen LogP contribution in [0.4, 0.5) is 0 Å². The van der Waals surface area contributed by atoms with Gasteiger partial charge in [0.1, 0.15) is 0 Å². The molecule has 3 saturated carbocycles. The highest BCUT2D eigenvalue weighted by Gasteiger charge is 2.67. The zero-order valence-electron chi connectivity index (χ0n) is 18.3. The van der Waals surface area contributed by atoms with Crippen LogP contribution in [0.15, 0.2) is 23.3 Å². The number of Topliss-reactive ketones (excluding diaryl/α,β-unsaturated/α-hetero) is 1. The Morgan fingerprint density at radius 1 is 1.14 bits per heavy atom. The fourth-order valence-electron chi connectivity index (χ4n) is 8.27. The van der Waals surface area contributed by atoms with Crippen molar-refractivity contribution < 1.29 is 19.8 Å². The van der Waals surface area contributed by atoms with Gasteiger partial charge in [0, 0.05) is 5.92 Å². The molecule has 2 bridgehead atoms. The monoisotopic (exact) mass is 400 g/mol. The number of aliphatic hydroxyl groups is 1. The van der Waals surface area contributed by atoms with Gasteiger partial charge in [0.2, 0.25) is 0 Å². The standard InChI is InChI=1S/C25H36O4/c1-5-15(2)21(27)18-8-10-23(3)19(24(18,4)22(28)29)9-11-25-12-16(6-7-20(23)25)17(13-25)14-26/h5,13,16,18-20,26H,6-12,14H2,1-4H3,(H,28,29)/b15-5-/t16-,18+,19+,20+,23-,24+,25+/m1/s1. The highest BCUT2D eigenvalue weighted by Crippen LogP contribution is 2.71. The minimum Gasteiger partial charge on any atom is -0.481 e. The van der Waals surface area contributed by atoms with E-state index in [1.165, 1.54) is 5.57 Å². The van der Waals surface area contributed by atoms with Crippen molar-refractivity contribution in [1.82, 2.24) is 0 Å². The predicted octanol–water partition coefficient (Wildman–Crippen LogP) is 4.77. The molecule has 0 unspecified atom stereocenters. The van der Waals surface area contributed by atoms with E-state index >= 15 is 0 Å². The molecule has 2 N–H and O–H groups in total. The zero-order chi connectivity index (χ0) is 21.2. The van der Waals surface area contributed by atoms with Gasteiger partial charge in [-0.3, -0.25) is 9.59 Å². The molecule has 0 aliphatic heterocycles. The van der Waals surface area contributed by atoms with Gasteiger partial charge in [-0.25, -0.2) is 0 Å². The highest BCUT2D eigenvalue weighted by atomic mass is 16.4. The molecule has 4 rings (SSSR count). The summed E-state index contributed by atoms with van der Waals surface area (Å²) in [5, 5.41) is 20.2. The lowest BCUT2D eigenvalue weighted by Gasteiger charge is -2.64. The zero-order valence-corrected chi connectivity index (χ0v) is 18.3. The number of ketones is 1. The van der Waals surface area contributed by atoms with Gasteiger partial charge >= 0.3 is 5.97 Å². The van der Waals surface area contributed by atoms with Gasteiger partial charge in [-0.15, -0.1) is 0 Å². The summed E-state index contributed by atoms with van der Waals surface area (Å²) in [6.07, 6.45) is 11.0. The number of aliphatic carboxylic acids is 1. The van der Waals surface area contributed by atoms with Crippen molar-refractivity contribution in [1.29, 1.82) is 0 Å². The van der Waals surface area contributed by atoms with E-state index in [1.807, 2.05) is 26.8 Å². The van der Waals surface area contributed by atoms with Crippen LogP contribution in [0.25, 0.3) is 0 Å². The molecule has 4 aliphatic carbocycles. The Hall–Kier alpha value is -1.42. The molecule has 1 spiro atoms. The minimum atomic E-state index is -1.02. The molecule has 0 aromatic heterocycles. The number of hydrogen-bond acceptors (Lipinski definition) is 3. The third kappa shape index (κ3) is 2.67. The lowest BCUT2D eigenvalue weighted by Crippen LogP contribution is -2.62. The van der Waals surface area contributed by atoms with Crippen molar-refractivity contribution in [3.63, 3.8) is 0 Å². The van der Waals surface area contributed by atoms with Crippen LogP contribution in [0.5, 0.6) is 0 Å². The largest absolute Gasteiger partial charge is 0.481 e. The first-order valence-electron chi connectivity index (χ1n) is 11.4. The number of carboxylic acids is 1. The molecule has 7 atom stereocenters. The van der Waals surface area contributed by atoms with Gasteiger partial charge in [-0.05, 0) is 105 Å². The van der Waals surface area contributed by atoms with E-state index in [9.17, 15) is 19.8 Å². The number of aliphatic hydroxyl groups excluding tert-OH is 1. The first-order chi connectivity index (χ1) is 13.6. The summed E-state index contributed by atoms with van der Waals surface area (Å²) >= 11 is 0. The maximum atomic E-state index is 13.1. The molecular weight excluding hydrogens is 364 g/mol. The Kier molecular flexibility index (Phi) is 4.88. The molecule has 0 aromatic carbocycles. The second kappa shape index (κ2) is 6.80. The number of allylic oxidation sites excluding steroid dienone is 3. The van der Waals surface area contributed by atoms with Crippen molar-refractivity contribution in [3.05, 3.63) is 23.3 Å². The van der Waals surface area contributed by atoms with Crippen molar-refractivity contribution in [2.45, 2.75) is 72.6 Å². The first kappa shape index (κ1) is 20.8. The lowest BCUT2D eigenvalue weighted by molar-refractivity contribution is -0.190. The second-order valence-corrected chi connectivity index (χ2v) is 10.8. The van der Waals surface area contributed by atoms with Crippen LogP contribution in [0.3, 0.4) is 0 Å². The van der Waals surface area contributed by atoms with Crippen LogP contribution in [-0.2, 0) is 9.59 Å². The van der Waals surface area contributed by atoms with Crippen LogP contribution in [-0.4, -0.2) is 28.6 Å². The number of hydrogen-bond donors (Lipinski definition) is 2. The van der Waals surface area contributed by atoms with Gasteiger partial charge in [-0.1, -0.05) is 19.1 Å². The molecule has 0 saturated heterocycles. The Labute approximate surface area is 174 Å². The maximum absolute atomic E-state index is 13.1. The topological polar surface area (TPSA) is 74.6 Å². The van der Waals surface area contributed by atoms with Crippen LogP contribution < -0.4 is 0 Å². The van der Waals surface area contributed by atoms with Crippen molar-refractivity contribution in [2.24, 2.45) is 39.9 Å². The summed E-state index contributed by atoms with van der Waals surface area (Å²) in [7, 11) is 0. The molecule has 4 aliphatic rings. The number of carbonyl (C=O) groups is 2. The number of rotatable bonds is 4. The van der Waals surface area contributed by atoms with Crippen molar-refractivity contribution in [2.75, 3.05) is 6.61 Å². The second-order valence-electron chi connectivity index (χ2n) is 10.8. The fraction of sp³-hybridized carbons (Fsp3) is 0.760. The van der Waals surface area contributed by atoms with Crippen LogP contribution in [0.2, 0.25) is 0 Å². The van der Waals surface area contributed by atoms with Crippen molar-refractivity contribution >= 4 is 11.8 Å². The third-order valence-electron chi connectivity index (χ3n) is 9.81. The smallest absolute Gasteiger partial charge is 0.310 e. The Balaban J connectivity index is 1.75. The van der Waals surface area contributed by atoms with Gasteiger partial charge in [0.05, 0.1) is 12.0 Å². The summed E-state index contributed by atoms with van der Waals surface area (Å²) in [5.74, 6) is -0.250. The van der Waals surface area contributed by atoms with E-state index in [4.69, 9.17) is 0 Å². The molecule has 3 fully saturated rings. The number of fused-ring (bicyclic) bond motifs is 3. The maximum Gasteiger partial charge on any atom is 0.310 e. The summed E-state index contributed by atoms with van der Waals surface area (Å²) in [6.45, 7) is 8.00. The third-order valence-corrected chi connectivity index (χ3v) is 9.81. The normalized spacial score (nSPS) is 46.5. The van der Waals surface area contributed by atoms with Crippen molar-refractivity contribution in [3.8, 4) is 0 Å². The first-order valence-corrected chi connectivity index (χ1v) is 11.4. The predicted molar refractivity (Wildman–Crippen MR) is 112 cm³/mol. The number of carboxylic acid groups (broad SMARTS) is 1. The van der Waals surface area contributed by atoms with Crippen LogP contribution in [0.1, 0.15) is 72.6 Å². The van der Waals surface area contributed by atoms with Crippen LogP contribution in [0, 0.1) is 39.9 Å².